The maximum atomic E-state index is 12.9. The van der Waals surface area contributed by atoms with Crippen molar-refractivity contribution in [3.05, 3.63) is 60.2 Å². The van der Waals surface area contributed by atoms with E-state index in [4.69, 9.17) is 4.74 Å². The molecule has 152 valence electrons. The molecule has 0 saturated heterocycles. The summed E-state index contributed by atoms with van der Waals surface area (Å²) in [7, 11) is 0. The maximum Gasteiger partial charge on any atom is 0.287 e. The van der Waals surface area contributed by atoms with Crippen molar-refractivity contribution >= 4 is 23.0 Å². The summed E-state index contributed by atoms with van der Waals surface area (Å²) in [6, 6.07) is 12.6. The molecule has 2 N–H and O–H groups in total. The standard InChI is InChI=1S/C22H26N4O3/c1-3-5-9-14-23-22(28)20-25-19(17-12-8-10-15-26(17)20)21(27)24-16-11-6-7-13-18(16)29-4-2/h6-8,10-13,15H,3-5,9,14H2,1-2H3,(H,23,28)(H,24,27). The van der Waals surface area contributed by atoms with Crippen molar-refractivity contribution in [2.45, 2.75) is 33.1 Å². The Morgan fingerprint density at radius 1 is 1.03 bits per heavy atom. The summed E-state index contributed by atoms with van der Waals surface area (Å²) >= 11 is 0. The van der Waals surface area contributed by atoms with Gasteiger partial charge in [-0.2, -0.15) is 0 Å². The number of nitrogens with zero attached hydrogens (tertiary/aromatic N) is 2. The smallest absolute Gasteiger partial charge is 0.287 e. The summed E-state index contributed by atoms with van der Waals surface area (Å²) in [6.45, 7) is 5.06. The van der Waals surface area contributed by atoms with Crippen LogP contribution in [0.5, 0.6) is 5.75 Å². The van der Waals surface area contributed by atoms with E-state index in [1.807, 2.05) is 25.1 Å². The van der Waals surface area contributed by atoms with Crippen LogP contribution in [-0.2, 0) is 0 Å². The quantitative estimate of drug-likeness (QED) is 0.539. The monoisotopic (exact) mass is 394 g/mol. The maximum absolute atomic E-state index is 12.9. The van der Waals surface area contributed by atoms with Gasteiger partial charge in [-0.25, -0.2) is 4.98 Å². The topological polar surface area (TPSA) is 84.7 Å². The van der Waals surface area contributed by atoms with Crippen molar-refractivity contribution in [1.29, 1.82) is 0 Å². The molecule has 2 heterocycles. The first kappa shape index (κ1) is 20.4. The summed E-state index contributed by atoms with van der Waals surface area (Å²) in [4.78, 5) is 29.9. The predicted octanol–water partition coefficient (Wildman–Crippen LogP) is 3.91. The molecule has 0 unspecified atom stereocenters. The molecule has 7 nitrogen and oxygen atoms in total. The molecule has 1 aromatic carbocycles. The van der Waals surface area contributed by atoms with Gasteiger partial charge in [0.15, 0.2) is 5.69 Å². The number of anilines is 1. The minimum atomic E-state index is -0.397. The Labute approximate surface area is 170 Å². The van der Waals surface area contributed by atoms with Gasteiger partial charge < -0.3 is 15.4 Å². The van der Waals surface area contributed by atoms with Crippen LogP contribution in [0.2, 0.25) is 0 Å². The molecule has 0 aliphatic rings. The van der Waals surface area contributed by atoms with Crippen LogP contribution < -0.4 is 15.4 Å². The summed E-state index contributed by atoms with van der Waals surface area (Å²) in [5.74, 6) is 0.0862. The summed E-state index contributed by atoms with van der Waals surface area (Å²) in [6.07, 6.45) is 4.77. The fourth-order valence-electron chi connectivity index (χ4n) is 3.05. The Bertz CT molecular complexity index is 997. The van der Waals surface area contributed by atoms with E-state index in [2.05, 4.69) is 22.5 Å². The number of ether oxygens (including phenoxy) is 1. The lowest BCUT2D eigenvalue weighted by Crippen LogP contribution is -2.26. The van der Waals surface area contributed by atoms with Gasteiger partial charge in [-0.05, 0) is 37.6 Å². The van der Waals surface area contributed by atoms with Crippen LogP contribution in [-0.4, -0.2) is 34.4 Å². The molecule has 0 saturated carbocycles. The van der Waals surface area contributed by atoms with E-state index in [9.17, 15) is 9.59 Å². The second kappa shape index (κ2) is 9.73. The number of amides is 2. The largest absolute Gasteiger partial charge is 0.492 e. The Morgan fingerprint density at radius 3 is 2.62 bits per heavy atom. The zero-order chi connectivity index (χ0) is 20.6. The Balaban J connectivity index is 1.86. The minimum Gasteiger partial charge on any atom is -0.492 e. The molecule has 0 radical (unpaired) electrons. The molecule has 7 heteroatoms. The van der Waals surface area contributed by atoms with Gasteiger partial charge in [0.2, 0.25) is 5.82 Å². The van der Waals surface area contributed by atoms with Gasteiger partial charge in [-0.1, -0.05) is 38.0 Å². The first-order chi connectivity index (χ1) is 14.2. The number of para-hydroxylation sites is 2. The Hall–Kier alpha value is -3.35. The second-order valence-electron chi connectivity index (χ2n) is 6.59. The van der Waals surface area contributed by atoms with E-state index in [0.717, 1.165) is 19.3 Å². The van der Waals surface area contributed by atoms with Crippen molar-refractivity contribution < 1.29 is 14.3 Å². The van der Waals surface area contributed by atoms with Gasteiger partial charge in [0, 0.05) is 12.7 Å². The second-order valence-corrected chi connectivity index (χ2v) is 6.59. The number of hydrogen-bond acceptors (Lipinski definition) is 4. The van der Waals surface area contributed by atoms with Crippen molar-refractivity contribution in [2.75, 3.05) is 18.5 Å². The fraction of sp³-hybridized carbons (Fsp3) is 0.318. The molecule has 29 heavy (non-hydrogen) atoms. The zero-order valence-electron chi connectivity index (χ0n) is 16.8. The van der Waals surface area contributed by atoms with Gasteiger partial charge in [-0.3, -0.25) is 14.0 Å². The van der Waals surface area contributed by atoms with Gasteiger partial charge in [0.05, 0.1) is 17.8 Å². The molecular weight excluding hydrogens is 368 g/mol. The number of aromatic nitrogens is 2. The van der Waals surface area contributed by atoms with Crippen molar-refractivity contribution in [1.82, 2.24) is 14.7 Å². The van der Waals surface area contributed by atoms with E-state index in [-0.39, 0.29) is 17.4 Å². The van der Waals surface area contributed by atoms with Crippen LogP contribution in [0, 0.1) is 0 Å². The molecule has 0 aliphatic heterocycles. The molecule has 0 bridgehead atoms. The number of carbonyl (C=O) groups is 2. The van der Waals surface area contributed by atoms with Gasteiger partial charge in [0.25, 0.3) is 11.8 Å². The van der Waals surface area contributed by atoms with E-state index in [1.165, 1.54) is 0 Å². The molecule has 0 aliphatic carbocycles. The van der Waals surface area contributed by atoms with Gasteiger partial charge in [0.1, 0.15) is 5.75 Å². The number of imidazole rings is 1. The van der Waals surface area contributed by atoms with E-state index in [0.29, 0.717) is 30.1 Å². The summed E-state index contributed by atoms with van der Waals surface area (Å²) < 4.78 is 7.20. The highest BCUT2D eigenvalue weighted by Crippen LogP contribution is 2.25. The van der Waals surface area contributed by atoms with Crippen molar-refractivity contribution in [2.24, 2.45) is 0 Å². The summed E-state index contributed by atoms with van der Waals surface area (Å²) in [5, 5.41) is 5.72. The number of unbranched alkanes of at least 4 members (excludes halogenated alkanes) is 2. The highest BCUT2D eigenvalue weighted by Gasteiger charge is 2.22. The number of carbonyl (C=O) groups excluding carboxylic acids is 2. The van der Waals surface area contributed by atoms with Crippen LogP contribution in [0.3, 0.4) is 0 Å². The molecule has 3 aromatic rings. The van der Waals surface area contributed by atoms with E-state index in [1.54, 1.807) is 34.9 Å². The van der Waals surface area contributed by atoms with Gasteiger partial charge in [-0.15, -0.1) is 0 Å². The Morgan fingerprint density at radius 2 is 1.83 bits per heavy atom. The van der Waals surface area contributed by atoms with Crippen molar-refractivity contribution in [3.63, 3.8) is 0 Å². The third kappa shape index (κ3) is 4.74. The first-order valence-electron chi connectivity index (χ1n) is 9.94. The van der Waals surface area contributed by atoms with E-state index >= 15 is 0 Å². The third-order valence-electron chi connectivity index (χ3n) is 4.47. The van der Waals surface area contributed by atoms with Crippen LogP contribution in [0.25, 0.3) is 5.52 Å². The van der Waals surface area contributed by atoms with Crippen LogP contribution in [0.4, 0.5) is 5.69 Å². The zero-order valence-corrected chi connectivity index (χ0v) is 16.8. The molecule has 0 fully saturated rings. The van der Waals surface area contributed by atoms with Crippen molar-refractivity contribution in [3.8, 4) is 5.75 Å². The number of fused-ring (bicyclic) bond motifs is 1. The van der Waals surface area contributed by atoms with Crippen LogP contribution >= 0.6 is 0 Å². The number of nitrogens with one attached hydrogen (secondary N) is 2. The average Bonchev–Trinajstić information content (AvgIpc) is 3.13. The average molecular weight is 394 g/mol. The molecule has 2 aromatic heterocycles. The molecular formula is C22H26N4O3. The lowest BCUT2D eigenvalue weighted by molar-refractivity contribution is 0.0942. The minimum absolute atomic E-state index is 0.190. The summed E-state index contributed by atoms with van der Waals surface area (Å²) in [5.41, 5.74) is 1.32. The van der Waals surface area contributed by atoms with Gasteiger partial charge >= 0.3 is 0 Å². The molecule has 0 spiro atoms. The van der Waals surface area contributed by atoms with Crippen LogP contribution in [0.15, 0.2) is 48.7 Å². The number of pyridine rings is 1. The highest BCUT2D eigenvalue weighted by atomic mass is 16.5. The first-order valence-corrected chi connectivity index (χ1v) is 9.94. The lowest BCUT2D eigenvalue weighted by Gasteiger charge is -2.10. The fourth-order valence-corrected chi connectivity index (χ4v) is 3.05. The molecule has 3 rings (SSSR count). The highest BCUT2D eigenvalue weighted by molar-refractivity contribution is 6.09. The Kier molecular flexibility index (Phi) is 6.84. The SMILES string of the molecule is CCCCCNC(=O)c1nc(C(=O)Nc2ccccc2OCC)c2ccccn12. The number of hydrogen-bond donors (Lipinski definition) is 2. The molecule has 0 atom stereocenters. The normalized spacial score (nSPS) is 10.7. The van der Waals surface area contributed by atoms with E-state index < -0.39 is 5.91 Å². The molecule has 2 amide bonds. The lowest BCUT2D eigenvalue weighted by atomic mass is 10.2. The third-order valence-corrected chi connectivity index (χ3v) is 4.47. The predicted molar refractivity (Wildman–Crippen MR) is 113 cm³/mol. The van der Waals surface area contributed by atoms with Crippen LogP contribution in [0.1, 0.15) is 54.2 Å². The number of benzene rings is 1. The number of rotatable bonds is 9.